The zero-order valence-electron chi connectivity index (χ0n) is 8.62. The molecule has 2 rings (SSSR count). The van der Waals surface area contributed by atoms with Gasteiger partial charge in [0.15, 0.2) is 0 Å². The third-order valence-electron chi connectivity index (χ3n) is 2.53. The Kier molecular flexibility index (Phi) is 2.96. The van der Waals surface area contributed by atoms with E-state index in [2.05, 4.69) is 26.0 Å². The van der Waals surface area contributed by atoms with E-state index in [0.717, 1.165) is 10.0 Å². The molecule has 84 valence electrons. The Hall–Kier alpha value is -1.36. The van der Waals surface area contributed by atoms with E-state index >= 15 is 0 Å². The molecule has 1 aliphatic heterocycles. The van der Waals surface area contributed by atoms with E-state index in [9.17, 15) is 9.59 Å². The van der Waals surface area contributed by atoms with Crippen molar-refractivity contribution in [2.75, 3.05) is 7.11 Å². The van der Waals surface area contributed by atoms with Crippen LogP contribution in [0, 0.1) is 0 Å². The fourth-order valence-electron chi connectivity index (χ4n) is 1.74. The smallest absolute Gasteiger partial charge is 0.328 e. The van der Waals surface area contributed by atoms with Gasteiger partial charge in [0.05, 0.1) is 7.11 Å². The molecule has 1 N–H and O–H groups in total. The van der Waals surface area contributed by atoms with Crippen LogP contribution in [0.1, 0.15) is 15.9 Å². The summed E-state index contributed by atoms with van der Waals surface area (Å²) in [5.74, 6) is -0.650. The molecule has 5 heteroatoms. The molecule has 0 bridgehead atoms. The second kappa shape index (κ2) is 4.25. The number of rotatable bonds is 1. The lowest BCUT2D eigenvalue weighted by Crippen LogP contribution is -2.46. The molecule has 1 aromatic rings. The normalized spacial score (nSPS) is 18.6. The van der Waals surface area contributed by atoms with E-state index < -0.39 is 12.0 Å². The molecule has 1 amide bonds. The van der Waals surface area contributed by atoms with Crippen LogP contribution in [0.3, 0.4) is 0 Å². The van der Waals surface area contributed by atoms with Gasteiger partial charge in [0.2, 0.25) is 0 Å². The van der Waals surface area contributed by atoms with Gasteiger partial charge in [0, 0.05) is 16.5 Å². The van der Waals surface area contributed by atoms with Crippen molar-refractivity contribution in [3.05, 3.63) is 33.8 Å². The van der Waals surface area contributed by atoms with Gasteiger partial charge in [-0.15, -0.1) is 0 Å². The maximum absolute atomic E-state index is 11.7. The molecule has 1 atom stereocenters. The van der Waals surface area contributed by atoms with Crippen molar-refractivity contribution in [3.8, 4) is 0 Å². The van der Waals surface area contributed by atoms with Crippen molar-refractivity contribution in [2.45, 2.75) is 12.5 Å². The summed E-state index contributed by atoms with van der Waals surface area (Å²) in [6.07, 6.45) is 0.465. The third kappa shape index (κ3) is 1.95. The summed E-state index contributed by atoms with van der Waals surface area (Å²) in [6, 6.07) is 4.81. The highest BCUT2D eigenvalue weighted by atomic mass is 79.9. The summed E-state index contributed by atoms with van der Waals surface area (Å²) in [5.41, 5.74) is 1.47. The Bertz CT molecular complexity index is 459. The molecule has 0 saturated carbocycles. The predicted molar refractivity (Wildman–Crippen MR) is 61.1 cm³/mol. The van der Waals surface area contributed by atoms with Crippen molar-refractivity contribution < 1.29 is 14.3 Å². The van der Waals surface area contributed by atoms with Gasteiger partial charge in [-0.25, -0.2) is 4.79 Å². The van der Waals surface area contributed by atoms with E-state index in [0.29, 0.717) is 12.0 Å². The van der Waals surface area contributed by atoms with Gasteiger partial charge in [-0.3, -0.25) is 4.79 Å². The summed E-state index contributed by atoms with van der Waals surface area (Å²) in [4.78, 5) is 23.1. The summed E-state index contributed by atoms with van der Waals surface area (Å²) >= 11 is 3.34. The lowest BCUT2D eigenvalue weighted by atomic mass is 9.95. The lowest BCUT2D eigenvalue weighted by Gasteiger charge is -2.23. The summed E-state index contributed by atoms with van der Waals surface area (Å²) < 4.78 is 5.51. The van der Waals surface area contributed by atoms with Crippen LogP contribution in [-0.4, -0.2) is 25.0 Å². The predicted octanol–water partition coefficient (Wildman–Crippen LogP) is 1.28. The molecule has 0 fully saturated rings. The van der Waals surface area contributed by atoms with Crippen LogP contribution in [0.25, 0.3) is 0 Å². The molecule has 4 nitrogen and oxygen atoms in total. The summed E-state index contributed by atoms with van der Waals surface area (Å²) in [7, 11) is 1.31. The minimum Gasteiger partial charge on any atom is -0.467 e. The molecular weight excluding hydrogens is 274 g/mol. The zero-order chi connectivity index (χ0) is 11.7. The summed E-state index contributed by atoms with van der Waals surface area (Å²) in [5, 5.41) is 2.61. The number of amides is 1. The van der Waals surface area contributed by atoms with Crippen molar-refractivity contribution in [3.63, 3.8) is 0 Å². The lowest BCUT2D eigenvalue weighted by molar-refractivity contribution is -0.142. The zero-order valence-corrected chi connectivity index (χ0v) is 10.2. The Morgan fingerprint density at radius 2 is 2.31 bits per heavy atom. The Labute approximate surface area is 101 Å². The van der Waals surface area contributed by atoms with E-state index in [1.165, 1.54) is 7.11 Å². The molecule has 0 spiro atoms. The number of methoxy groups -OCH3 is 1. The molecular formula is C11H10BrNO3. The minimum absolute atomic E-state index is 0.232. The molecule has 0 radical (unpaired) electrons. The highest BCUT2D eigenvalue weighted by molar-refractivity contribution is 9.10. The number of fused-ring (bicyclic) bond motifs is 1. The third-order valence-corrected chi connectivity index (χ3v) is 3.02. The number of esters is 1. The number of benzene rings is 1. The molecule has 0 aliphatic carbocycles. The molecule has 0 saturated heterocycles. The largest absolute Gasteiger partial charge is 0.467 e. The van der Waals surface area contributed by atoms with E-state index in [4.69, 9.17) is 0 Å². The molecule has 16 heavy (non-hydrogen) atoms. The van der Waals surface area contributed by atoms with Gasteiger partial charge < -0.3 is 10.1 Å². The fourth-order valence-corrected chi connectivity index (χ4v) is 2.15. The maximum Gasteiger partial charge on any atom is 0.328 e. The van der Waals surface area contributed by atoms with Gasteiger partial charge in [0.25, 0.3) is 5.91 Å². The Morgan fingerprint density at radius 1 is 1.56 bits per heavy atom. The van der Waals surface area contributed by atoms with Crippen LogP contribution >= 0.6 is 15.9 Å². The number of nitrogens with one attached hydrogen (secondary N) is 1. The first-order valence-corrected chi connectivity index (χ1v) is 5.58. The van der Waals surface area contributed by atoms with Gasteiger partial charge in [0.1, 0.15) is 6.04 Å². The average Bonchev–Trinajstić information content (AvgIpc) is 2.27. The molecule has 1 heterocycles. The fraction of sp³-hybridized carbons (Fsp3) is 0.273. The van der Waals surface area contributed by atoms with Crippen LogP contribution in [0.2, 0.25) is 0 Å². The van der Waals surface area contributed by atoms with Gasteiger partial charge in [-0.05, 0) is 23.8 Å². The van der Waals surface area contributed by atoms with Crippen molar-refractivity contribution in [1.29, 1.82) is 0 Å². The first-order chi connectivity index (χ1) is 7.61. The number of carbonyl (C=O) groups excluding carboxylic acids is 2. The highest BCUT2D eigenvalue weighted by Crippen LogP contribution is 2.21. The second-order valence-electron chi connectivity index (χ2n) is 3.55. The van der Waals surface area contributed by atoms with Gasteiger partial charge >= 0.3 is 5.97 Å². The van der Waals surface area contributed by atoms with Crippen LogP contribution < -0.4 is 5.32 Å². The molecule has 1 aliphatic rings. The minimum atomic E-state index is -0.584. The van der Waals surface area contributed by atoms with Crippen LogP contribution in [-0.2, 0) is 16.0 Å². The average molecular weight is 284 g/mol. The van der Waals surface area contributed by atoms with Crippen molar-refractivity contribution in [1.82, 2.24) is 5.32 Å². The standard InChI is InChI=1S/C11H10BrNO3/c1-16-11(15)9-5-6-4-7(12)2-3-8(6)10(14)13-9/h2-4,9H,5H2,1H3,(H,13,14). The van der Waals surface area contributed by atoms with E-state index in [1.807, 2.05) is 6.07 Å². The van der Waals surface area contributed by atoms with E-state index in [-0.39, 0.29) is 5.91 Å². The Balaban J connectivity index is 2.34. The SMILES string of the molecule is COC(=O)C1Cc2cc(Br)ccc2C(=O)N1. The van der Waals surface area contributed by atoms with Gasteiger partial charge in [-0.2, -0.15) is 0 Å². The van der Waals surface area contributed by atoms with Gasteiger partial charge in [-0.1, -0.05) is 15.9 Å². The highest BCUT2D eigenvalue weighted by Gasteiger charge is 2.29. The molecule has 0 aromatic heterocycles. The summed E-state index contributed by atoms with van der Waals surface area (Å²) in [6.45, 7) is 0. The van der Waals surface area contributed by atoms with Crippen molar-refractivity contribution >= 4 is 27.8 Å². The first-order valence-electron chi connectivity index (χ1n) is 4.79. The van der Waals surface area contributed by atoms with Crippen LogP contribution in [0.5, 0.6) is 0 Å². The monoisotopic (exact) mass is 283 g/mol. The van der Waals surface area contributed by atoms with E-state index in [1.54, 1.807) is 12.1 Å². The maximum atomic E-state index is 11.7. The first kappa shape index (κ1) is 11.1. The van der Waals surface area contributed by atoms with Crippen molar-refractivity contribution in [2.24, 2.45) is 0 Å². The quantitative estimate of drug-likeness (QED) is 0.790. The topological polar surface area (TPSA) is 55.4 Å². The van der Waals surface area contributed by atoms with Crippen LogP contribution in [0.4, 0.5) is 0 Å². The van der Waals surface area contributed by atoms with Crippen LogP contribution in [0.15, 0.2) is 22.7 Å². The number of hydrogen-bond acceptors (Lipinski definition) is 3. The number of halogens is 1. The second-order valence-corrected chi connectivity index (χ2v) is 4.47. The number of ether oxygens (including phenoxy) is 1. The number of carbonyl (C=O) groups is 2. The molecule has 1 aromatic carbocycles. The molecule has 1 unspecified atom stereocenters. The number of hydrogen-bond donors (Lipinski definition) is 1. The Morgan fingerprint density at radius 3 is 3.00 bits per heavy atom.